The fraction of sp³-hybridized carbons (Fsp3) is 0.364. The molecule has 0 heterocycles. The largest absolute Gasteiger partial charge is 0.468 e. The summed E-state index contributed by atoms with van der Waals surface area (Å²) in [5.74, 6) is -0.897. The van der Waals surface area contributed by atoms with Gasteiger partial charge in [0.1, 0.15) is 0 Å². The first-order chi connectivity index (χ1) is 8.64. The Bertz CT molecular complexity index is 603. The molecule has 0 saturated heterocycles. The van der Waals surface area contributed by atoms with E-state index in [0.29, 0.717) is 0 Å². The fourth-order valence-electron chi connectivity index (χ4n) is 1.40. The Morgan fingerprint density at radius 1 is 1.26 bits per heavy atom. The van der Waals surface area contributed by atoms with E-state index in [-0.39, 0.29) is 10.6 Å². The van der Waals surface area contributed by atoms with E-state index in [9.17, 15) is 23.3 Å². The highest BCUT2D eigenvalue weighted by Gasteiger charge is 2.44. The van der Waals surface area contributed by atoms with Crippen LogP contribution in [-0.4, -0.2) is 31.2 Å². The van der Waals surface area contributed by atoms with E-state index >= 15 is 0 Å². The quantitative estimate of drug-likeness (QED) is 0.470. The molecule has 0 atom stereocenters. The summed E-state index contributed by atoms with van der Waals surface area (Å²) in [4.78, 5) is 21.2. The van der Waals surface area contributed by atoms with Crippen LogP contribution in [-0.2, 0) is 19.4 Å². The summed E-state index contributed by atoms with van der Waals surface area (Å²) in [6, 6.07) is 4.33. The van der Waals surface area contributed by atoms with Crippen molar-refractivity contribution in [2.45, 2.75) is 23.5 Å². The lowest BCUT2D eigenvalue weighted by molar-refractivity contribution is -0.384. The van der Waals surface area contributed by atoms with E-state index in [1.54, 1.807) is 0 Å². The van der Waals surface area contributed by atoms with Crippen LogP contribution in [0.25, 0.3) is 0 Å². The standard InChI is InChI=1S/C11H13NO6S/c1-11(2,10(13)18-3)19(16,17)9-6-4-8(5-7-9)12(14)15/h4-7H,1-3H3. The van der Waals surface area contributed by atoms with Crippen LogP contribution in [0.4, 0.5) is 5.69 Å². The van der Waals surface area contributed by atoms with E-state index in [1.165, 1.54) is 13.8 Å². The lowest BCUT2D eigenvalue weighted by Crippen LogP contribution is -2.41. The van der Waals surface area contributed by atoms with Gasteiger partial charge in [0.2, 0.25) is 0 Å². The summed E-state index contributed by atoms with van der Waals surface area (Å²) < 4.78 is 27.2. The highest BCUT2D eigenvalue weighted by Crippen LogP contribution is 2.27. The first-order valence-corrected chi connectivity index (χ1v) is 6.70. The van der Waals surface area contributed by atoms with Gasteiger partial charge in [0.25, 0.3) is 5.69 Å². The number of hydrogen-bond acceptors (Lipinski definition) is 6. The predicted octanol–water partition coefficient (Wildman–Crippen LogP) is 1.32. The van der Waals surface area contributed by atoms with Crippen molar-refractivity contribution in [1.29, 1.82) is 0 Å². The zero-order valence-corrected chi connectivity index (χ0v) is 11.4. The maximum atomic E-state index is 12.3. The third kappa shape index (κ3) is 2.58. The average Bonchev–Trinajstić information content (AvgIpc) is 2.37. The number of methoxy groups -OCH3 is 1. The van der Waals surface area contributed by atoms with Crippen molar-refractivity contribution in [3.8, 4) is 0 Å². The topological polar surface area (TPSA) is 104 Å². The third-order valence-electron chi connectivity index (χ3n) is 2.71. The van der Waals surface area contributed by atoms with Gasteiger partial charge in [-0.3, -0.25) is 14.9 Å². The van der Waals surface area contributed by atoms with E-state index in [0.717, 1.165) is 31.4 Å². The number of benzene rings is 1. The summed E-state index contributed by atoms with van der Waals surface area (Å²) in [5.41, 5.74) is -0.227. The Hall–Kier alpha value is -1.96. The van der Waals surface area contributed by atoms with Gasteiger partial charge >= 0.3 is 5.97 Å². The number of rotatable bonds is 4. The van der Waals surface area contributed by atoms with Crippen LogP contribution in [0.3, 0.4) is 0 Å². The number of nitrogens with zero attached hydrogens (tertiary/aromatic N) is 1. The molecule has 19 heavy (non-hydrogen) atoms. The Kier molecular flexibility index (Phi) is 3.94. The molecule has 0 fully saturated rings. The van der Waals surface area contributed by atoms with Crippen LogP contribution in [0.5, 0.6) is 0 Å². The summed E-state index contributed by atoms with van der Waals surface area (Å²) >= 11 is 0. The Morgan fingerprint density at radius 3 is 2.11 bits per heavy atom. The molecule has 7 nitrogen and oxygen atoms in total. The molecule has 0 aliphatic rings. The van der Waals surface area contributed by atoms with Gasteiger partial charge in [-0.25, -0.2) is 8.42 Å². The van der Waals surface area contributed by atoms with E-state index in [2.05, 4.69) is 4.74 Å². The van der Waals surface area contributed by atoms with Crippen molar-refractivity contribution in [2.75, 3.05) is 7.11 Å². The Labute approximate surface area is 110 Å². The van der Waals surface area contributed by atoms with Crippen LogP contribution >= 0.6 is 0 Å². The van der Waals surface area contributed by atoms with Gasteiger partial charge < -0.3 is 4.74 Å². The minimum Gasteiger partial charge on any atom is -0.468 e. The number of nitro benzene ring substituents is 1. The van der Waals surface area contributed by atoms with Crippen molar-refractivity contribution in [1.82, 2.24) is 0 Å². The van der Waals surface area contributed by atoms with Gasteiger partial charge in [0, 0.05) is 12.1 Å². The highest BCUT2D eigenvalue weighted by atomic mass is 32.2. The second-order valence-electron chi connectivity index (χ2n) is 4.26. The summed E-state index contributed by atoms with van der Waals surface area (Å²) in [6.07, 6.45) is 0. The van der Waals surface area contributed by atoms with Crippen molar-refractivity contribution >= 4 is 21.5 Å². The molecular formula is C11H13NO6S. The van der Waals surface area contributed by atoms with Gasteiger partial charge in [-0.05, 0) is 26.0 Å². The molecule has 0 unspecified atom stereocenters. The average molecular weight is 287 g/mol. The van der Waals surface area contributed by atoms with Crippen molar-refractivity contribution < 1.29 is 22.9 Å². The monoisotopic (exact) mass is 287 g/mol. The van der Waals surface area contributed by atoms with Gasteiger partial charge in [0.05, 0.1) is 16.9 Å². The molecule has 1 aromatic rings. The molecule has 0 aromatic heterocycles. The molecule has 104 valence electrons. The second kappa shape index (κ2) is 4.96. The third-order valence-corrected chi connectivity index (χ3v) is 5.11. The normalized spacial score (nSPS) is 11.9. The Morgan fingerprint density at radius 2 is 1.74 bits per heavy atom. The van der Waals surface area contributed by atoms with Crippen LogP contribution in [0, 0.1) is 10.1 Å². The molecule has 0 radical (unpaired) electrons. The predicted molar refractivity (Wildman–Crippen MR) is 66.4 cm³/mol. The summed E-state index contributed by atoms with van der Waals surface area (Å²) in [5, 5.41) is 10.5. The van der Waals surface area contributed by atoms with E-state index < -0.39 is 25.5 Å². The maximum absolute atomic E-state index is 12.3. The van der Waals surface area contributed by atoms with Crippen molar-refractivity contribution in [2.24, 2.45) is 0 Å². The van der Waals surface area contributed by atoms with Gasteiger partial charge in [-0.1, -0.05) is 0 Å². The number of nitro groups is 1. The highest BCUT2D eigenvalue weighted by molar-refractivity contribution is 7.93. The van der Waals surface area contributed by atoms with Gasteiger partial charge in [0.15, 0.2) is 14.6 Å². The van der Waals surface area contributed by atoms with E-state index in [4.69, 9.17) is 0 Å². The van der Waals surface area contributed by atoms with Crippen LogP contribution in [0.15, 0.2) is 29.2 Å². The van der Waals surface area contributed by atoms with Crippen LogP contribution < -0.4 is 0 Å². The van der Waals surface area contributed by atoms with Crippen molar-refractivity contribution in [3.63, 3.8) is 0 Å². The zero-order chi connectivity index (χ0) is 14.8. The van der Waals surface area contributed by atoms with Gasteiger partial charge in [-0.15, -0.1) is 0 Å². The number of non-ortho nitro benzene ring substituents is 1. The summed E-state index contributed by atoms with van der Waals surface area (Å²) in [7, 11) is -2.90. The number of carbonyl (C=O) groups is 1. The van der Waals surface area contributed by atoms with Crippen LogP contribution in [0.2, 0.25) is 0 Å². The molecule has 0 spiro atoms. The molecule has 0 N–H and O–H groups in total. The molecule has 1 rings (SSSR count). The molecule has 8 heteroatoms. The first-order valence-electron chi connectivity index (χ1n) is 5.22. The smallest absolute Gasteiger partial charge is 0.327 e. The SMILES string of the molecule is COC(=O)C(C)(C)S(=O)(=O)c1ccc([N+](=O)[O-])cc1. The number of ether oxygens (including phenoxy) is 1. The van der Waals surface area contributed by atoms with E-state index in [1.807, 2.05) is 0 Å². The summed E-state index contributed by atoms with van der Waals surface area (Å²) in [6.45, 7) is 2.44. The number of esters is 1. The van der Waals surface area contributed by atoms with Crippen LogP contribution in [0.1, 0.15) is 13.8 Å². The lowest BCUT2D eigenvalue weighted by Gasteiger charge is -2.21. The zero-order valence-electron chi connectivity index (χ0n) is 10.6. The first kappa shape index (κ1) is 15.1. The number of carbonyl (C=O) groups excluding carboxylic acids is 1. The molecule has 1 aromatic carbocycles. The van der Waals surface area contributed by atoms with Gasteiger partial charge in [-0.2, -0.15) is 0 Å². The number of hydrogen-bond donors (Lipinski definition) is 0. The number of sulfone groups is 1. The molecule has 0 amide bonds. The molecular weight excluding hydrogens is 274 g/mol. The maximum Gasteiger partial charge on any atom is 0.327 e. The minimum absolute atomic E-state index is 0.173. The molecule has 0 aliphatic carbocycles. The molecule has 0 bridgehead atoms. The second-order valence-corrected chi connectivity index (χ2v) is 6.76. The molecule has 0 saturated carbocycles. The van der Waals surface area contributed by atoms with Crippen molar-refractivity contribution in [3.05, 3.63) is 34.4 Å². The fourth-order valence-corrected chi connectivity index (χ4v) is 2.78. The minimum atomic E-state index is -3.99. The Balaban J connectivity index is 3.28. The lowest BCUT2D eigenvalue weighted by atomic mass is 10.2. The molecule has 0 aliphatic heterocycles.